The second-order valence-electron chi connectivity index (χ2n) is 8.92. The second-order valence-corrected chi connectivity index (χ2v) is 8.92. The molecule has 3 aliphatic rings. The highest BCUT2D eigenvalue weighted by Crippen LogP contribution is 2.59. The van der Waals surface area contributed by atoms with E-state index in [0.29, 0.717) is 6.54 Å². The number of piperidine rings is 1. The molecule has 1 aliphatic carbocycles. The van der Waals surface area contributed by atoms with Crippen molar-refractivity contribution in [3.63, 3.8) is 0 Å². The molecule has 5 nitrogen and oxygen atoms in total. The van der Waals surface area contributed by atoms with Crippen LogP contribution in [0.25, 0.3) is 0 Å². The minimum atomic E-state index is -0.616. The number of amides is 2. The Balaban J connectivity index is 1.66. The predicted octanol–water partition coefficient (Wildman–Crippen LogP) is 0.618. The Morgan fingerprint density at radius 2 is 1.79 bits per heavy atom. The molecule has 2 heterocycles. The third-order valence-electron chi connectivity index (χ3n) is 7.24. The van der Waals surface area contributed by atoms with Crippen LogP contribution >= 0.6 is 0 Å². The molecule has 3 rings (SSSR count). The minimum Gasteiger partial charge on any atom is -0.385 e. The summed E-state index contributed by atoms with van der Waals surface area (Å²) in [6.45, 7) is 9.09. The van der Waals surface area contributed by atoms with Crippen LogP contribution in [-0.4, -0.2) is 54.1 Å². The van der Waals surface area contributed by atoms with Crippen molar-refractivity contribution in [3.8, 4) is 0 Å². The van der Waals surface area contributed by atoms with Crippen molar-refractivity contribution in [3.05, 3.63) is 0 Å². The lowest BCUT2D eigenvalue weighted by Gasteiger charge is -2.48. The molecule has 0 aromatic heterocycles. The molecule has 2 saturated heterocycles. The number of imide groups is 1. The zero-order chi connectivity index (χ0) is 17.5. The molecular formula is C19H33N2O3+. The number of fused-ring (bicyclic) bond motifs is 2. The highest BCUT2D eigenvalue weighted by molar-refractivity contribution is 6.03. The van der Waals surface area contributed by atoms with Gasteiger partial charge in [0.15, 0.2) is 0 Å². The van der Waals surface area contributed by atoms with Gasteiger partial charge in [-0.25, -0.2) is 0 Å². The molecule has 5 heteroatoms. The average molecular weight is 337 g/mol. The van der Waals surface area contributed by atoms with Gasteiger partial charge in [-0.05, 0) is 43.9 Å². The lowest BCUT2D eigenvalue weighted by Crippen LogP contribution is -3.13. The number of aliphatic hydroxyl groups is 1. The average Bonchev–Trinajstić information content (AvgIpc) is 2.70. The number of carbonyl (C=O) groups is 2. The molecule has 2 N–H and O–H groups in total. The van der Waals surface area contributed by atoms with Crippen molar-refractivity contribution in [2.24, 2.45) is 16.7 Å². The molecule has 0 radical (unpaired) electrons. The van der Waals surface area contributed by atoms with Crippen LogP contribution in [0.5, 0.6) is 0 Å². The third kappa shape index (κ3) is 2.80. The Hall–Kier alpha value is -0.940. The standard InChI is InChI=1S/C19H32N2O3/c1-18(2)15-8-9-19(18,3)17(24)21(16(15)23)13-14(22)12-20-10-6-4-5-7-11-20/h14-15,22H,4-13H2,1-3H3/p+1/t14-,15+,19-/m1/s1. The Morgan fingerprint density at radius 1 is 1.17 bits per heavy atom. The number of carbonyl (C=O) groups excluding carboxylic acids is 2. The van der Waals surface area contributed by atoms with Gasteiger partial charge in [-0.15, -0.1) is 0 Å². The van der Waals surface area contributed by atoms with Crippen LogP contribution in [0.2, 0.25) is 0 Å². The topological polar surface area (TPSA) is 62.1 Å². The predicted molar refractivity (Wildman–Crippen MR) is 91.4 cm³/mol. The maximum atomic E-state index is 13.0. The van der Waals surface area contributed by atoms with E-state index in [1.807, 2.05) is 6.92 Å². The Bertz CT molecular complexity index is 511. The molecule has 2 amide bonds. The Kier molecular flexibility index (Phi) is 4.77. The lowest BCUT2D eigenvalue weighted by molar-refractivity contribution is -0.902. The molecular weight excluding hydrogens is 304 g/mol. The van der Waals surface area contributed by atoms with Gasteiger partial charge in [0, 0.05) is 5.92 Å². The Morgan fingerprint density at radius 3 is 2.42 bits per heavy atom. The van der Waals surface area contributed by atoms with Crippen LogP contribution in [-0.2, 0) is 9.59 Å². The normalized spacial score (nSPS) is 35.2. The number of likely N-dealkylation sites (tertiary alicyclic amines) is 2. The van der Waals surface area contributed by atoms with E-state index in [-0.39, 0.29) is 29.7 Å². The fourth-order valence-corrected chi connectivity index (χ4v) is 5.12. The number of nitrogens with zero attached hydrogens (tertiary/aromatic N) is 1. The van der Waals surface area contributed by atoms with Crippen LogP contribution in [0.1, 0.15) is 59.3 Å². The van der Waals surface area contributed by atoms with Gasteiger partial charge >= 0.3 is 0 Å². The van der Waals surface area contributed by atoms with Crippen molar-refractivity contribution >= 4 is 11.8 Å². The van der Waals surface area contributed by atoms with Gasteiger partial charge in [-0.1, -0.05) is 20.8 Å². The number of β-amino-alcohol motifs (C(OH)–C–C–N with tert-alkyl or cyclic N) is 1. The first kappa shape index (κ1) is 17.9. The molecule has 0 spiro atoms. The third-order valence-corrected chi connectivity index (χ3v) is 7.24. The zero-order valence-electron chi connectivity index (χ0n) is 15.4. The number of rotatable bonds is 4. The van der Waals surface area contributed by atoms with Gasteiger partial charge in [0.25, 0.3) is 0 Å². The van der Waals surface area contributed by atoms with Crippen molar-refractivity contribution in [1.29, 1.82) is 0 Å². The highest BCUT2D eigenvalue weighted by atomic mass is 16.3. The molecule has 136 valence electrons. The van der Waals surface area contributed by atoms with Crippen LogP contribution < -0.4 is 4.90 Å². The molecule has 1 saturated carbocycles. The summed E-state index contributed by atoms with van der Waals surface area (Å²) in [4.78, 5) is 28.6. The van der Waals surface area contributed by atoms with E-state index in [4.69, 9.17) is 0 Å². The van der Waals surface area contributed by atoms with E-state index in [9.17, 15) is 14.7 Å². The van der Waals surface area contributed by atoms with E-state index < -0.39 is 11.5 Å². The van der Waals surface area contributed by atoms with Crippen molar-refractivity contribution in [2.45, 2.75) is 65.4 Å². The van der Waals surface area contributed by atoms with E-state index in [2.05, 4.69) is 13.8 Å². The zero-order valence-corrected chi connectivity index (χ0v) is 15.4. The van der Waals surface area contributed by atoms with E-state index >= 15 is 0 Å². The summed E-state index contributed by atoms with van der Waals surface area (Å²) in [5, 5.41) is 10.5. The summed E-state index contributed by atoms with van der Waals surface area (Å²) in [5.41, 5.74) is -0.751. The number of aliphatic hydroxyl groups excluding tert-OH is 1. The largest absolute Gasteiger partial charge is 0.385 e. The van der Waals surface area contributed by atoms with E-state index in [1.54, 1.807) is 0 Å². The molecule has 0 unspecified atom stereocenters. The quantitative estimate of drug-likeness (QED) is 0.739. The van der Waals surface area contributed by atoms with Gasteiger partial charge in [0.2, 0.25) is 11.8 Å². The molecule has 2 bridgehead atoms. The van der Waals surface area contributed by atoms with E-state index in [0.717, 1.165) is 25.9 Å². The minimum absolute atomic E-state index is 0.0649. The molecule has 3 fully saturated rings. The van der Waals surface area contributed by atoms with Crippen molar-refractivity contribution < 1.29 is 19.6 Å². The maximum absolute atomic E-state index is 13.0. The number of nitrogens with one attached hydrogen (secondary N) is 1. The molecule has 0 aromatic rings. The first-order valence-corrected chi connectivity index (χ1v) is 9.65. The van der Waals surface area contributed by atoms with E-state index in [1.165, 1.54) is 35.5 Å². The number of hydrogen-bond acceptors (Lipinski definition) is 3. The highest BCUT2D eigenvalue weighted by Gasteiger charge is 2.64. The fraction of sp³-hybridized carbons (Fsp3) is 0.895. The lowest BCUT2D eigenvalue weighted by atomic mass is 9.62. The summed E-state index contributed by atoms with van der Waals surface area (Å²) in [6.07, 6.45) is 5.92. The Labute approximate surface area is 145 Å². The molecule has 0 aromatic carbocycles. The van der Waals surface area contributed by atoms with Gasteiger partial charge in [-0.2, -0.15) is 0 Å². The molecule has 3 atom stereocenters. The second kappa shape index (κ2) is 6.41. The maximum Gasteiger partial charge on any atom is 0.235 e. The molecule has 2 aliphatic heterocycles. The first-order valence-electron chi connectivity index (χ1n) is 9.65. The van der Waals surface area contributed by atoms with Gasteiger partial charge in [-0.3, -0.25) is 14.5 Å². The van der Waals surface area contributed by atoms with Gasteiger partial charge in [0.05, 0.1) is 25.0 Å². The van der Waals surface area contributed by atoms with Crippen LogP contribution in [0.3, 0.4) is 0 Å². The van der Waals surface area contributed by atoms with Crippen LogP contribution in [0.4, 0.5) is 0 Å². The monoisotopic (exact) mass is 337 g/mol. The van der Waals surface area contributed by atoms with Crippen LogP contribution in [0, 0.1) is 16.7 Å². The summed E-state index contributed by atoms with van der Waals surface area (Å²) >= 11 is 0. The summed E-state index contributed by atoms with van der Waals surface area (Å²) in [5.74, 6) is -0.223. The fourth-order valence-electron chi connectivity index (χ4n) is 5.12. The first-order chi connectivity index (χ1) is 11.3. The van der Waals surface area contributed by atoms with Crippen molar-refractivity contribution in [1.82, 2.24) is 4.90 Å². The van der Waals surface area contributed by atoms with Crippen LogP contribution in [0.15, 0.2) is 0 Å². The van der Waals surface area contributed by atoms with Gasteiger partial charge in [0.1, 0.15) is 12.6 Å². The summed E-state index contributed by atoms with van der Waals surface area (Å²) in [6, 6.07) is 0. The van der Waals surface area contributed by atoms with Crippen molar-refractivity contribution in [2.75, 3.05) is 26.2 Å². The number of hydrogen-bond donors (Lipinski definition) is 2. The SMILES string of the molecule is CC1(C)[C@H]2CC[C@]1(C)C(=O)N(C[C@H](O)C[NH+]1CCCCCC1)C2=O. The summed E-state index contributed by atoms with van der Waals surface area (Å²) in [7, 11) is 0. The molecule has 24 heavy (non-hydrogen) atoms. The summed E-state index contributed by atoms with van der Waals surface area (Å²) < 4.78 is 0. The number of quaternary nitrogens is 1. The smallest absolute Gasteiger partial charge is 0.235 e. The van der Waals surface area contributed by atoms with Gasteiger partial charge < -0.3 is 10.0 Å².